The number of allylic oxidation sites excluding steroid dienone is 1. The third kappa shape index (κ3) is 3.30. The van der Waals surface area contributed by atoms with E-state index in [2.05, 4.69) is 0 Å². The van der Waals surface area contributed by atoms with Gasteiger partial charge in [0, 0.05) is 31.9 Å². The molecule has 0 saturated heterocycles. The number of hydrogen-bond acceptors (Lipinski definition) is 7. The van der Waals surface area contributed by atoms with Crippen molar-refractivity contribution in [1.29, 1.82) is 0 Å². The van der Waals surface area contributed by atoms with Gasteiger partial charge in [0.15, 0.2) is 17.3 Å². The summed E-state index contributed by atoms with van der Waals surface area (Å²) in [7, 11) is 0. The predicted molar refractivity (Wildman–Crippen MR) is 116 cm³/mol. The highest BCUT2D eigenvalue weighted by atomic mass is 32.2. The van der Waals surface area contributed by atoms with E-state index < -0.39 is 0 Å². The third-order valence-electron chi connectivity index (χ3n) is 4.81. The Labute approximate surface area is 181 Å². The van der Waals surface area contributed by atoms with Crippen LogP contribution in [0.5, 0.6) is 11.5 Å². The lowest BCUT2D eigenvalue weighted by Crippen LogP contribution is -2.05. The van der Waals surface area contributed by atoms with Crippen molar-refractivity contribution in [3.05, 3.63) is 69.9 Å². The smallest absolute Gasteiger partial charge is 0.338 e. The van der Waals surface area contributed by atoms with Gasteiger partial charge in [-0.05, 0) is 60.3 Å². The van der Waals surface area contributed by atoms with Crippen LogP contribution in [0.1, 0.15) is 32.5 Å². The summed E-state index contributed by atoms with van der Waals surface area (Å²) >= 11 is 3.11. The molecule has 0 unspecified atom stereocenters. The molecule has 3 aromatic rings. The molecule has 0 radical (unpaired) electrons. The Hall–Kier alpha value is -3.03. The summed E-state index contributed by atoms with van der Waals surface area (Å²) in [6.07, 6.45) is 1.67. The Morgan fingerprint density at radius 1 is 1.03 bits per heavy atom. The second-order valence-corrected chi connectivity index (χ2v) is 8.64. The van der Waals surface area contributed by atoms with Crippen LogP contribution in [0.25, 0.3) is 16.0 Å². The highest BCUT2D eigenvalue weighted by Gasteiger charge is 2.25. The molecule has 5 nitrogen and oxygen atoms in total. The van der Waals surface area contributed by atoms with Gasteiger partial charge >= 0.3 is 5.97 Å². The maximum absolute atomic E-state index is 12.9. The molecule has 0 bridgehead atoms. The molecule has 0 saturated carbocycles. The molecule has 0 spiro atoms. The maximum atomic E-state index is 12.9. The number of hydrogen-bond donors (Lipinski definition) is 0. The van der Waals surface area contributed by atoms with Crippen molar-refractivity contribution in [2.45, 2.75) is 11.8 Å². The summed E-state index contributed by atoms with van der Waals surface area (Å²) in [4.78, 5) is 28.0. The van der Waals surface area contributed by atoms with Crippen molar-refractivity contribution in [3.63, 3.8) is 0 Å². The Kier molecular flexibility index (Phi) is 4.84. The van der Waals surface area contributed by atoms with E-state index in [0.29, 0.717) is 29.2 Å². The van der Waals surface area contributed by atoms with Crippen LogP contribution >= 0.6 is 23.1 Å². The van der Waals surface area contributed by atoms with Crippen molar-refractivity contribution < 1.29 is 23.8 Å². The lowest BCUT2D eigenvalue weighted by atomic mass is 10.0. The summed E-state index contributed by atoms with van der Waals surface area (Å²) in [5, 5.41) is 2.00. The van der Waals surface area contributed by atoms with Gasteiger partial charge < -0.3 is 14.2 Å². The first-order valence-electron chi connectivity index (χ1n) is 9.37. The van der Waals surface area contributed by atoms with Crippen LogP contribution in [-0.4, -0.2) is 25.2 Å². The topological polar surface area (TPSA) is 61.8 Å². The molecular weight excluding hydrogens is 420 g/mol. The molecular formula is C23H16O5S2. The normalized spacial score (nSPS) is 14.9. The molecule has 5 rings (SSSR count). The number of thiophene rings is 1. The minimum atomic E-state index is -0.332. The number of rotatable bonds is 4. The first kappa shape index (κ1) is 19.0. The van der Waals surface area contributed by atoms with E-state index in [9.17, 15) is 9.59 Å². The highest BCUT2D eigenvalue weighted by Crippen LogP contribution is 2.51. The Balaban J connectivity index is 1.49. The van der Waals surface area contributed by atoms with Gasteiger partial charge in [0.2, 0.25) is 6.79 Å². The SMILES string of the molecule is CCOC(=O)c1ccc2c(c1)-c1ccsc1/C(=C/C(=O)c1ccc3c(c1)OCO3)S2. The minimum absolute atomic E-state index is 0.0956. The van der Waals surface area contributed by atoms with E-state index in [1.54, 1.807) is 48.6 Å². The average Bonchev–Trinajstić information content (AvgIpc) is 3.43. The number of fused-ring (bicyclic) bond motifs is 4. The molecule has 0 N–H and O–H groups in total. The summed E-state index contributed by atoms with van der Waals surface area (Å²) < 4.78 is 15.8. The van der Waals surface area contributed by atoms with E-state index >= 15 is 0 Å². The van der Waals surface area contributed by atoms with Crippen molar-refractivity contribution >= 4 is 39.8 Å². The number of benzene rings is 2. The van der Waals surface area contributed by atoms with Crippen LogP contribution in [0.2, 0.25) is 0 Å². The molecule has 7 heteroatoms. The quantitative estimate of drug-likeness (QED) is 0.299. The fraction of sp³-hybridized carbons (Fsp3) is 0.130. The van der Waals surface area contributed by atoms with Gasteiger partial charge in [-0.3, -0.25) is 4.79 Å². The van der Waals surface area contributed by atoms with Gasteiger partial charge in [0.05, 0.1) is 12.2 Å². The number of esters is 1. The molecule has 0 atom stereocenters. The molecule has 0 fully saturated rings. The second kappa shape index (κ2) is 7.66. The van der Waals surface area contributed by atoms with E-state index in [1.165, 1.54) is 11.8 Å². The Morgan fingerprint density at radius 3 is 2.73 bits per heavy atom. The number of carbonyl (C=O) groups excluding carboxylic acids is 2. The van der Waals surface area contributed by atoms with Crippen molar-refractivity contribution in [2.75, 3.05) is 13.4 Å². The molecule has 150 valence electrons. The van der Waals surface area contributed by atoms with Gasteiger partial charge in [-0.15, -0.1) is 11.3 Å². The van der Waals surface area contributed by atoms with Crippen molar-refractivity contribution in [2.24, 2.45) is 0 Å². The Morgan fingerprint density at radius 2 is 1.87 bits per heavy atom. The van der Waals surface area contributed by atoms with Crippen LogP contribution in [0.3, 0.4) is 0 Å². The Bertz CT molecular complexity index is 1210. The lowest BCUT2D eigenvalue weighted by molar-refractivity contribution is 0.0526. The van der Waals surface area contributed by atoms with Crippen LogP contribution in [0.15, 0.2) is 58.8 Å². The van der Waals surface area contributed by atoms with Crippen LogP contribution in [0, 0.1) is 0 Å². The van der Waals surface area contributed by atoms with Crippen LogP contribution in [-0.2, 0) is 4.74 Å². The maximum Gasteiger partial charge on any atom is 0.338 e. The number of carbonyl (C=O) groups is 2. The molecule has 2 aliphatic rings. The molecule has 3 heterocycles. The molecule has 0 aliphatic carbocycles. The van der Waals surface area contributed by atoms with E-state index in [0.717, 1.165) is 25.8 Å². The third-order valence-corrected chi connectivity index (χ3v) is 7.00. The standard InChI is InChI=1S/C23H16O5S2/c1-2-26-23(25)14-4-6-20-16(9-14)15-7-8-29-22(15)21(30-20)11-17(24)13-3-5-18-19(10-13)28-12-27-18/h3-11H,2,12H2,1H3/b21-11-. The van der Waals surface area contributed by atoms with E-state index in [4.69, 9.17) is 14.2 Å². The molecule has 1 aromatic heterocycles. The van der Waals surface area contributed by atoms with E-state index in [1.807, 2.05) is 23.6 Å². The predicted octanol–water partition coefficient (Wildman–Crippen LogP) is 5.65. The summed E-state index contributed by atoms with van der Waals surface area (Å²) in [5.41, 5.74) is 3.07. The average molecular weight is 437 g/mol. The van der Waals surface area contributed by atoms with Crippen molar-refractivity contribution in [3.8, 4) is 22.6 Å². The van der Waals surface area contributed by atoms with Gasteiger partial charge in [0.25, 0.3) is 0 Å². The number of ketones is 1. The fourth-order valence-corrected chi connectivity index (χ4v) is 5.51. The minimum Gasteiger partial charge on any atom is -0.462 e. The van der Waals surface area contributed by atoms with Crippen LogP contribution < -0.4 is 9.47 Å². The molecule has 0 amide bonds. The van der Waals surface area contributed by atoms with Gasteiger partial charge in [-0.2, -0.15) is 0 Å². The molecule has 2 aliphatic heterocycles. The van der Waals surface area contributed by atoms with Crippen LogP contribution in [0.4, 0.5) is 0 Å². The van der Waals surface area contributed by atoms with Gasteiger partial charge in [-0.25, -0.2) is 4.79 Å². The first-order valence-corrected chi connectivity index (χ1v) is 11.1. The molecule has 30 heavy (non-hydrogen) atoms. The number of thioether (sulfide) groups is 1. The lowest BCUT2D eigenvalue weighted by Gasteiger charge is -2.19. The van der Waals surface area contributed by atoms with Gasteiger partial charge in [0.1, 0.15) is 0 Å². The van der Waals surface area contributed by atoms with Gasteiger partial charge in [-0.1, -0.05) is 11.8 Å². The highest BCUT2D eigenvalue weighted by molar-refractivity contribution is 8.08. The summed E-state index contributed by atoms with van der Waals surface area (Å²) in [6, 6.07) is 12.8. The first-order chi connectivity index (χ1) is 14.6. The zero-order valence-corrected chi connectivity index (χ0v) is 17.6. The fourth-order valence-electron chi connectivity index (χ4n) is 3.40. The summed E-state index contributed by atoms with van der Waals surface area (Å²) in [5.74, 6) is 0.811. The second-order valence-electron chi connectivity index (χ2n) is 6.64. The largest absolute Gasteiger partial charge is 0.462 e. The zero-order valence-electron chi connectivity index (χ0n) is 16.0. The molecule has 2 aromatic carbocycles. The zero-order chi connectivity index (χ0) is 20.7. The monoisotopic (exact) mass is 436 g/mol. The number of ether oxygens (including phenoxy) is 3. The van der Waals surface area contributed by atoms with Crippen molar-refractivity contribution in [1.82, 2.24) is 0 Å². The summed E-state index contributed by atoms with van der Waals surface area (Å²) in [6.45, 7) is 2.30. The van der Waals surface area contributed by atoms with E-state index in [-0.39, 0.29) is 18.5 Å².